The lowest BCUT2D eigenvalue weighted by Gasteiger charge is -2.11. The molecule has 4 rings (SSSR count). The summed E-state index contributed by atoms with van der Waals surface area (Å²) in [4.78, 5) is 0. The van der Waals surface area contributed by atoms with Gasteiger partial charge >= 0.3 is 6.18 Å². The van der Waals surface area contributed by atoms with Crippen molar-refractivity contribution in [1.29, 1.82) is 0 Å². The summed E-state index contributed by atoms with van der Waals surface area (Å²) in [6.07, 6.45) is -4.37. The molecule has 0 saturated heterocycles. The SMILES string of the molecule is FC(F)(F)c1cccc(CSc2nnc(-c3ccc(Cl)cc3)n2-c2ccccc2)c1. The zero-order valence-corrected chi connectivity index (χ0v) is 17.0. The van der Waals surface area contributed by atoms with Crippen LogP contribution in [0.1, 0.15) is 11.1 Å². The van der Waals surface area contributed by atoms with Crippen LogP contribution in [-0.4, -0.2) is 14.8 Å². The number of thioether (sulfide) groups is 1. The number of alkyl halides is 3. The van der Waals surface area contributed by atoms with Crippen LogP contribution in [0.2, 0.25) is 5.02 Å². The van der Waals surface area contributed by atoms with Gasteiger partial charge in [0.25, 0.3) is 0 Å². The maximum atomic E-state index is 13.0. The first kappa shape index (κ1) is 20.5. The Morgan fingerprint density at radius 2 is 1.60 bits per heavy atom. The number of aromatic nitrogens is 3. The Morgan fingerprint density at radius 3 is 2.30 bits per heavy atom. The number of rotatable bonds is 5. The van der Waals surface area contributed by atoms with Gasteiger partial charge < -0.3 is 0 Å². The predicted octanol–water partition coefficient (Wildman–Crippen LogP) is 6.90. The molecule has 0 aliphatic heterocycles. The molecule has 1 aromatic heterocycles. The summed E-state index contributed by atoms with van der Waals surface area (Å²) in [5.74, 6) is 0.958. The normalized spacial score (nSPS) is 11.6. The van der Waals surface area contributed by atoms with E-state index in [1.807, 2.05) is 47.0 Å². The second-order valence-corrected chi connectivity index (χ2v) is 7.85. The summed E-state index contributed by atoms with van der Waals surface area (Å²) < 4.78 is 40.9. The first-order chi connectivity index (χ1) is 14.4. The molecule has 0 aliphatic carbocycles. The molecule has 8 heteroatoms. The van der Waals surface area contributed by atoms with E-state index in [4.69, 9.17) is 11.6 Å². The largest absolute Gasteiger partial charge is 0.416 e. The van der Waals surface area contributed by atoms with Crippen LogP contribution >= 0.6 is 23.4 Å². The third-order valence-corrected chi connectivity index (χ3v) is 5.62. The number of hydrogen-bond donors (Lipinski definition) is 0. The van der Waals surface area contributed by atoms with Crippen molar-refractivity contribution in [3.05, 3.63) is 95.0 Å². The highest BCUT2D eigenvalue weighted by atomic mass is 35.5. The Morgan fingerprint density at radius 1 is 0.867 bits per heavy atom. The van der Waals surface area contributed by atoms with E-state index in [1.165, 1.54) is 17.8 Å². The molecule has 0 N–H and O–H groups in total. The highest BCUT2D eigenvalue weighted by Gasteiger charge is 2.30. The molecule has 0 saturated carbocycles. The summed E-state index contributed by atoms with van der Waals surface area (Å²) in [6, 6.07) is 22.2. The van der Waals surface area contributed by atoms with Gasteiger partial charge in [0.05, 0.1) is 5.56 Å². The van der Waals surface area contributed by atoms with Crippen molar-refractivity contribution in [3.63, 3.8) is 0 Å². The molecule has 0 spiro atoms. The third kappa shape index (κ3) is 4.52. The molecule has 0 aliphatic rings. The van der Waals surface area contributed by atoms with E-state index < -0.39 is 11.7 Å². The quantitative estimate of drug-likeness (QED) is 0.313. The molecular formula is C22H15ClF3N3S. The maximum Gasteiger partial charge on any atom is 0.416 e. The summed E-state index contributed by atoms with van der Waals surface area (Å²) in [5.41, 5.74) is 1.60. The lowest BCUT2D eigenvalue weighted by atomic mass is 10.1. The average molecular weight is 446 g/mol. The number of nitrogens with zero attached hydrogens (tertiary/aromatic N) is 3. The average Bonchev–Trinajstić information content (AvgIpc) is 3.17. The monoisotopic (exact) mass is 445 g/mol. The van der Waals surface area contributed by atoms with Crippen molar-refractivity contribution in [1.82, 2.24) is 14.8 Å². The first-order valence-corrected chi connectivity index (χ1v) is 10.3. The van der Waals surface area contributed by atoms with Crippen LogP contribution in [0.3, 0.4) is 0 Å². The van der Waals surface area contributed by atoms with Gasteiger partial charge in [0.1, 0.15) is 0 Å². The fourth-order valence-corrected chi connectivity index (χ4v) is 3.97. The van der Waals surface area contributed by atoms with E-state index in [0.717, 1.165) is 23.4 Å². The van der Waals surface area contributed by atoms with E-state index in [-0.39, 0.29) is 0 Å². The fourth-order valence-electron chi connectivity index (χ4n) is 2.94. The van der Waals surface area contributed by atoms with E-state index in [9.17, 15) is 13.2 Å². The number of benzene rings is 3. The van der Waals surface area contributed by atoms with Gasteiger partial charge in [-0.15, -0.1) is 10.2 Å². The molecule has 0 amide bonds. The zero-order valence-electron chi connectivity index (χ0n) is 15.5. The lowest BCUT2D eigenvalue weighted by Crippen LogP contribution is -2.05. The molecule has 3 aromatic carbocycles. The smallest absolute Gasteiger partial charge is 0.270 e. The Balaban J connectivity index is 1.68. The Kier molecular flexibility index (Phi) is 5.83. The molecule has 4 aromatic rings. The van der Waals surface area contributed by atoms with Crippen LogP contribution < -0.4 is 0 Å². The van der Waals surface area contributed by atoms with Crippen molar-refractivity contribution >= 4 is 23.4 Å². The zero-order chi connectivity index (χ0) is 21.1. The predicted molar refractivity (Wildman–Crippen MR) is 113 cm³/mol. The van der Waals surface area contributed by atoms with Gasteiger partial charge in [-0.05, 0) is 48.0 Å². The summed E-state index contributed by atoms with van der Waals surface area (Å²) >= 11 is 7.33. The molecule has 0 bridgehead atoms. The molecule has 0 unspecified atom stereocenters. The van der Waals surface area contributed by atoms with Crippen molar-refractivity contribution in [2.75, 3.05) is 0 Å². The van der Waals surface area contributed by atoms with Crippen LogP contribution in [-0.2, 0) is 11.9 Å². The Labute approximate surface area is 180 Å². The molecule has 0 fully saturated rings. The van der Waals surface area contributed by atoms with E-state index in [2.05, 4.69) is 10.2 Å². The van der Waals surface area contributed by atoms with E-state index in [1.54, 1.807) is 18.2 Å². The fraction of sp³-hybridized carbons (Fsp3) is 0.0909. The summed E-state index contributed by atoms with van der Waals surface area (Å²) in [6.45, 7) is 0. The van der Waals surface area contributed by atoms with Gasteiger partial charge in [-0.3, -0.25) is 4.57 Å². The van der Waals surface area contributed by atoms with Gasteiger partial charge in [-0.1, -0.05) is 59.8 Å². The van der Waals surface area contributed by atoms with Crippen LogP contribution in [0.15, 0.2) is 84.0 Å². The maximum absolute atomic E-state index is 13.0. The van der Waals surface area contributed by atoms with Gasteiger partial charge in [-0.25, -0.2) is 0 Å². The molecule has 0 atom stereocenters. The molecule has 3 nitrogen and oxygen atoms in total. The second kappa shape index (κ2) is 8.53. The molecule has 152 valence electrons. The van der Waals surface area contributed by atoms with Crippen molar-refractivity contribution in [3.8, 4) is 17.1 Å². The number of para-hydroxylation sites is 1. The summed E-state index contributed by atoms with van der Waals surface area (Å²) in [5, 5.41) is 9.83. The minimum Gasteiger partial charge on any atom is -0.270 e. The molecule has 30 heavy (non-hydrogen) atoms. The van der Waals surface area contributed by atoms with E-state index in [0.29, 0.717) is 27.3 Å². The second-order valence-electron chi connectivity index (χ2n) is 6.47. The standard InChI is InChI=1S/C22H15ClF3N3S/c23-18-11-9-16(10-12-18)20-27-28-21(29(20)19-7-2-1-3-8-19)30-14-15-5-4-6-17(13-15)22(24,25)26/h1-13H,14H2. The highest BCUT2D eigenvalue weighted by Crippen LogP contribution is 2.33. The number of halogens is 4. The van der Waals surface area contributed by atoms with Crippen molar-refractivity contribution < 1.29 is 13.2 Å². The topological polar surface area (TPSA) is 30.7 Å². The first-order valence-electron chi connectivity index (χ1n) is 8.97. The van der Waals surface area contributed by atoms with Gasteiger partial charge in [-0.2, -0.15) is 13.2 Å². The third-order valence-electron chi connectivity index (χ3n) is 4.37. The Hall–Kier alpha value is -2.77. The van der Waals surface area contributed by atoms with E-state index >= 15 is 0 Å². The van der Waals surface area contributed by atoms with Crippen molar-refractivity contribution in [2.45, 2.75) is 17.1 Å². The van der Waals surface area contributed by atoms with Crippen LogP contribution in [0, 0.1) is 0 Å². The summed E-state index contributed by atoms with van der Waals surface area (Å²) in [7, 11) is 0. The molecule has 1 heterocycles. The van der Waals surface area contributed by atoms with Gasteiger partial charge in [0.2, 0.25) is 0 Å². The van der Waals surface area contributed by atoms with Crippen LogP contribution in [0.25, 0.3) is 17.1 Å². The number of hydrogen-bond acceptors (Lipinski definition) is 3. The van der Waals surface area contributed by atoms with Gasteiger partial charge in [0, 0.05) is 22.0 Å². The van der Waals surface area contributed by atoms with Crippen molar-refractivity contribution in [2.24, 2.45) is 0 Å². The minimum atomic E-state index is -4.37. The van der Waals surface area contributed by atoms with Gasteiger partial charge in [0.15, 0.2) is 11.0 Å². The lowest BCUT2D eigenvalue weighted by molar-refractivity contribution is -0.137. The van der Waals surface area contributed by atoms with Crippen LogP contribution in [0.5, 0.6) is 0 Å². The molecular weight excluding hydrogens is 431 g/mol. The minimum absolute atomic E-state index is 0.329. The Bertz CT molecular complexity index is 1140. The highest BCUT2D eigenvalue weighted by molar-refractivity contribution is 7.98. The molecule has 0 radical (unpaired) electrons. The van der Waals surface area contributed by atoms with Crippen LogP contribution in [0.4, 0.5) is 13.2 Å².